The molecule has 21 heavy (non-hydrogen) atoms. The molecule has 0 saturated heterocycles. The average molecular weight is 288 g/mol. The lowest BCUT2D eigenvalue weighted by Crippen LogP contribution is -2.42. The molecule has 110 valence electrons. The number of carbonyl (C=O) groups excluding carboxylic acids is 1. The maximum Gasteiger partial charge on any atom is 0.326 e. The van der Waals surface area contributed by atoms with Gasteiger partial charge in [0, 0.05) is 12.8 Å². The second kappa shape index (κ2) is 6.65. The van der Waals surface area contributed by atoms with Gasteiger partial charge in [-0.15, -0.1) is 5.10 Å². The van der Waals surface area contributed by atoms with Crippen LogP contribution in [-0.2, 0) is 17.6 Å². The number of carboxylic acid groups (broad SMARTS) is 1. The third kappa shape index (κ3) is 3.88. The molecule has 0 aliphatic rings. The fourth-order valence-corrected chi connectivity index (χ4v) is 1.83. The SMILES string of the molecule is CCc1nc(C(=O)NC(Cc2ccccc2)C(=O)O)n[nH]1. The molecular formula is C14H16N4O3. The number of hydrogen-bond donors (Lipinski definition) is 3. The van der Waals surface area contributed by atoms with Gasteiger partial charge in [-0.25, -0.2) is 9.78 Å². The van der Waals surface area contributed by atoms with Crippen molar-refractivity contribution in [3.8, 4) is 0 Å². The van der Waals surface area contributed by atoms with Gasteiger partial charge in [0.05, 0.1) is 0 Å². The van der Waals surface area contributed by atoms with Crippen molar-refractivity contribution in [3.05, 3.63) is 47.5 Å². The van der Waals surface area contributed by atoms with Crippen LogP contribution in [0.2, 0.25) is 0 Å². The minimum Gasteiger partial charge on any atom is -0.480 e. The second-order valence-electron chi connectivity index (χ2n) is 4.51. The van der Waals surface area contributed by atoms with E-state index in [9.17, 15) is 14.7 Å². The van der Waals surface area contributed by atoms with Gasteiger partial charge in [-0.2, -0.15) is 0 Å². The summed E-state index contributed by atoms with van der Waals surface area (Å²) in [5.41, 5.74) is 0.828. The van der Waals surface area contributed by atoms with E-state index in [1.807, 2.05) is 37.3 Å². The highest BCUT2D eigenvalue weighted by Crippen LogP contribution is 2.04. The Hall–Kier alpha value is -2.70. The average Bonchev–Trinajstić information content (AvgIpc) is 2.96. The van der Waals surface area contributed by atoms with Gasteiger partial charge in [-0.05, 0) is 5.56 Å². The van der Waals surface area contributed by atoms with Crippen LogP contribution in [-0.4, -0.2) is 38.2 Å². The summed E-state index contributed by atoms with van der Waals surface area (Å²) >= 11 is 0. The number of aromatic amines is 1. The molecule has 0 radical (unpaired) electrons. The first kappa shape index (κ1) is 14.7. The Balaban J connectivity index is 2.05. The van der Waals surface area contributed by atoms with Crippen LogP contribution in [0.5, 0.6) is 0 Å². The third-order valence-corrected chi connectivity index (χ3v) is 2.96. The van der Waals surface area contributed by atoms with E-state index in [0.29, 0.717) is 12.2 Å². The molecule has 7 heteroatoms. The number of aliphatic carboxylic acids is 1. The lowest BCUT2D eigenvalue weighted by atomic mass is 10.1. The molecule has 1 aromatic carbocycles. The van der Waals surface area contributed by atoms with Crippen molar-refractivity contribution in [2.24, 2.45) is 0 Å². The Morgan fingerprint density at radius 1 is 1.33 bits per heavy atom. The zero-order valence-electron chi connectivity index (χ0n) is 11.5. The topological polar surface area (TPSA) is 108 Å². The predicted molar refractivity (Wildman–Crippen MR) is 74.8 cm³/mol. The normalized spacial score (nSPS) is 11.9. The van der Waals surface area contributed by atoms with E-state index < -0.39 is 17.9 Å². The third-order valence-electron chi connectivity index (χ3n) is 2.96. The highest BCUT2D eigenvalue weighted by molar-refractivity contribution is 5.93. The van der Waals surface area contributed by atoms with Gasteiger partial charge < -0.3 is 10.4 Å². The van der Waals surface area contributed by atoms with Crippen molar-refractivity contribution in [2.45, 2.75) is 25.8 Å². The molecular weight excluding hydrogens is 272 g/mol. The number of carbonyl (C=O) groups is 2. The molecule has 2 rings (SSSR count). The van der Waals surface area contributed by atoms with Crippen LogP contribution in [0.1, 0.15) is 28.9 Å². The molecule has 0 bridgehead atoms. The summed E-state index contributed by atoms with van der Waals surface area (Å²) in [4.78, 5) is 27.2. The molecule has 7 nitrogen and oxygen atoms in total. The van der Waals surface area contributed by atoms with E-state index >= 15 is 0 Å². The van der Waals surface area contributed by atoms with E-state index in [1.54, 1.807) is 0 Å². The summed E-state index contributed by atoms with van der Waals surface area (Å²) in [5.74, 6) is -1.17. The summed E-state index contributed by atoms with van der Waals surface area (Å²) in [6.07, 6.45) is 0.819. The Kier molecular flexibility index (Phi) is 4.65. The molecule has 0 aliphatic carbocycles. The predicted octanol–water partition coefficient (Wildman–Crippen LogP) is 0.793. The van der Waals surface area contributed by atoms with Gasteiger partial charge in [-0.1, -0.05) is 37.3 Å². The molecule has 1 aromatic heterocycles. The Morgan fingerprint density at radius 2 is 2.05 bits per heavy atom. The summed E-state index contributed by atoms with van der Waals surface area (Å²) in [6.45, 7) is 1.87. The van der Waals surface area contributed by atoms with Gasteiger partial charge in [0.1, 0.15) is 11.9 Å². The fraction of sp³-hybridized carbons (Fsp3) is 0.286. The van der Waals surface area contributed by atoms with Gasteiger partial charge >= 0.3 is 5.97 Å². The number of amides is 1. The second-order valence-corrected chi connectivity index (χ2v) is 4.51. The highest BCUT2D eigenvalue weighted by Gasteiger charge is 2.23. The van der Waals surface area contributed by atoms with E-state index in [1.165, 1.54) is 0 Å². The van der Waals surface area contributed by atoms with Crippen molar-refractivity contribution in [1.82, 2.24) is 20.5 Å². The lowest BCUT2D eigenvalue weighted by molar-refractivity contribution is -0.139. The number of aryl methyl sites for hydroxylation is 1. The van der Waals surface area contributed by atoms with Gasteiger partial charge in [-0.3, -0.25) is 9.89 Å². The van der Waals surface area contributed by atoms with E-state index in [2.05, 4.69) is 20.5 Å². The molecule has 1 unspecified atom stereocenters. The largest absolute Gasteiger partial charge is 0.480 e. The maximum atomic E-state index is 12.0. The Labute approximate surface area is 121 Å². The van der Waals surface area contributed by atoms with Crippen LogP contribution in [0.3, 0.4) is 0 Å². The van der Waals surface area contributed by atoms with Crippen LogP contribution in [0.4, 0.5) is 0 Å². The quantitative estimate of drug-likeness (QED) is 0.728. The summed E-state index contributed by atoms with van der Waals surface area (Å²) in [7, 11) is 0. The highest BCUT2D eigenvalue weighted by atomic mass is 16.4. The first-order valence-electron chi connectivity index (χ1n) is 6.59. The van der Waals surface area contributed by atoms with Crippen molar-refractivity contribution >= 4 is 11.9 Å². The van der Waals surface area contributed by atoms with Crippen molar-refractivity contribution < 1.29 is 14.7 Å². The molecule has 1 heterocycles. The summed E-state index contributed by atoms with van der Waals surface area (Å²) < 4.78 is 0. The molecule has 0 fully saturated rings. The van der Waals surface area contributed by atoms with Crippen molar-refractivity contribution in [3.63, 3.8) is 0 Å². The van der Waals surface area contributed by atoms with E-state index in [4.69, 9.17) is 0 Å². The number of nitrogens with zero attached hydrogens (tertiary/aromatic N) is 2. The number of benzene rings is 1. The van der Waals surface area contributed by atoms with Crippen LogP contribution < -0.4 is 5.32 Å². The smallest absolute Gasteiger partial charge is 0.326 e. The minimum absolute atomic E-state index is 0.0499. The summed E-state index contributed by atoms with van der Waals surface area (Å²) in [6, 6.07) is 8.08. The van der Waals surface area contributed by atoms with Gasteiger partial charge in [0.15, 0.2) is 0 Å². The molecule has 2 aromatic rings. The maximum absolute atomic E-state index is 12.0. The fourth-order valence-electron chi connectivity index (χ4n) is 1.83. The van der Waals surface area contributed by atoms with Crippen molar-refractivity contribution in [1.29, 1.82) is 0 Å². The molecule has 3 N–H and O–H groups in total. The zero-order chi connectivity index (χ0) is 15.2. The molecule has 0 spiro atoms. The number of rotatable bonds is 6. The Bertz CT molecular complexity index is 624. The van der Waals surface area contributed by atoms with Crippen LogP contribution >= 0.6 is 0 Å². The van der Waals surface area contributed by atoms with Gasteiger partial charge in [0.2, 0.25) is 5.82 Å². The van der Waals surface area contributed by atoms with E-state index in [-0.39, 0.29) is 12.2 Å². The Morgan fingerprint density at radius 3 is 2.62 bits per heavy atom. The number of hydrogen-bond acceptors (Lipinski definition) is 4. The van der Waals surface area contributed by atoms with Crippen LogP contribution in [0.15, 0.2) is 30.3 Å². The van der Waals surface area contributed by atoms with Crippen LogP contribution in [0.25, 0.3) is 0 Å². The number of carboxylic acids is 1. The monoisotopic (exact) mass is 288 g/mol. The number of nitrogens with one attached hydrogen (secondary N) is 2. The number of H-pyrrole nitrogens is 1. The van der Waals surface area contributed by atoms with Crippen molar-refractivity contribution in [2.75, 3.05) is 0 Å². The van der Waals surface area contributed by atoms with Gasteiger partial charge in [0.25, 0.3) is 5.91 Å². The first-order chi connectivity index (χ1) is 10.1. The molecule has 1 amide bonds. The van der Waals surface area contributed by atoms with E-state index in [0.717, 1.165) is 5.56 Å². The van der Waals surface area contributed by atoms with Crippen LogP contribution in [0, 0.1) is 0 Å². The summed E-state index contributed by atoms with van der Waals surface area (Å²) in [5, 5.41) is 18.0. The zero-order valence-corrected chi connectivity index (χ0v) is 11.5. The lowest BCUT2D eigenvalue weighted by Gasteiger charge is -2.13. The molecule has 1 atom stereocenters. The first-order valence-corrected chi connectivity index (χ1v) is 6.59. The standard InChI is InChI=1S/C14H16N4O3/c1-2-11-16-12(18-17-11)13(19)15-10(14(20)21)8-9-6-4-3-5-7-9/h3-7,10H,2,8H2,1H3,(H,15,19)(H,20,21)(H,16,17,18). The molecule has 0 aliphatic heterocycles. The minimum atomic E-state index is -1.10. The molecule has 0 saturated carbocycles. The number of aromatic nitrogens is 3.